The zero-order valence-corrected chi connectivity index (χ0v) is 13.0. The summed E-state index contributed by atoms with van der Waals surface area (Å²) in [6, 6.07) is 5.21. The number of thiazole rings is 1. The average Bonchev–Trinajstić information content (AvgIpc) is 3.00. The number of carbonyl (C=O) groups is 2. The van der Waals surface area contributed by atoms with Crippen LogP contribution in [0.15, 0.2) is 23.6 Å². The zero-order chi connectivity index (χ0) is 15.5. The molecule has 0 saturated carbocycles. The standard InChI is InChI=1S/C16H16N2O3S/c1-2-15-17-12(9-22-15)8-21-16(20)11-3-5-13-10(7-11)4-6-14(19)18-13/h3,5,7,9H,2,4,6,8H2,1H3,(H,18,19). The lowest BCUT2D eigenvalue weighted by Crippen LogP contribution is -2.19. The Kier molecular flexibility index (Phi) is 4.20. The van der Waals surface area contributed by atoms with Gasteiger partial charge in [-0.1, -0.05) is 6.92 Å². The van der Waals surface area contributed by atoms with Crippen LogP contribution in [0.25, 0.3) is 0 Å². The molecule has 22 heavy (non-hydrogen) atoms. The summed E-state index contributed by atoms with van der Waals surface area (Å²) in [5.41, 5.74) is 3.03. The van der Waals surface area contributed by atoms with E-state index in [0.717, 1.165) is 28.4 Å². The molecule has 0 aliphatic carbocycles. The lowest BCUT2D eigenvalue weighted by Gasteiger charge is -2.17. The third-order valence-corrected chi connectivity index (χ3v) is 4.53. The third kappa shape index (κ3) is 3.17. The van der Waals surface area contributed by atoms with Crippen molar-refractivity contribution in [1.29, 1.82) is 0 Å². The SMILES string of the molecule is CCc1nc(COC(=O)c2ccc3c(c2)CCC(=O)N3)cs1. The van der Waals surface area contributed by atoms with Crippen molar-refractivity contribution in [2.24, 2.45) is 0 Å². The van der Waals surface area contributed by atoms with E-state index in [9.17, 15) is 9.59 Å². The van der Waals surface area contributed by atoms with Gasteiger partial charge in [0.2, 0.25) is 5.91 Å². The molecule has 114 valence electrons. The lowest BCUT2D eigenvalue weighted by molar-refractivity contribution is -0.116. The quantitative estimate of drug-likeness (QED) is 0.881. The number of benzene rings is 1. The van der Waals surface area contributed by atoms with E-state index in [1.165, 1.54) is 0 Å². The number of aryl methyl sites for hydroxylation is 2. The maximum absolute atomic E-state index is 12.1. The maximum atomic E-state index is 12.1. The molecule has 1 amide bonds. The molecule has 6 heteroatoms. The van der Waals surface area contributed by atoms with Gasteiger partial charge in [-0.3, -0.25) is 4.79 Å². The number of ether oxygens (including phenoxy) is 1. The molecule has 1 aliphatic heterocycles. The first-order valence-electron chi connectivity index (χ1n) is 7.19. The molecule has 0 radical (unpaired) electrons. The van der Waals surface area contributed by atoms with E-state index < -0.39 is 0 Å². The summed E-state index contributed by atoms with van der Waals surface area (Å²) < 4.78 is 5.30. The van der Waals surface area contributed by atoms with Crippen LogP contribution in [-0.2, 0) is 29.0 Å². The predicted molar refractivity (Wildman–Crippen MR) is 84.0 cm³/mol. The van der Waals surface area contributed by atoms with E-state index in [4.69, 9.17) is 4.74 Å². The third-order valence-electron chi connectivity index (χ3n) is 3.49. The van der Waals surface area contributed by atoms with Gasteiger partial charge in [-0.2, -0.15) is 0 Å². The first-order valence-corrected chi connectivity index (χ1v) is 8.07. The van der Waals surface area contributed by atoms with Crippen molar-refractivity contribution in [2.45, 2.75) is 32.8 Å². The lowest BCUT2D eigenvalue weighted by atomic mass is 10.0. The second kappa shape index (κ2) is 6.27. The number of hydrogen-bond donors (Lipinski definition) is 1. The number of amides is 1. The molecule has 0 atom stereocenters. The Labute approximate surface area is 132 Å². The summed E-state index contributed by atoms with van der Waals surface area (Å²) in [4.78, 5) is 27.8. The highest BCUT2D eigenvalue weighted by molar-refractivity contribution is 7.09. The van der Waals surface area contributed by atoms with Gasteiger partial charge < -0.3 is 10.1 Å². The minimum Gasteiger partial charge on any atom is -0.456 e. The van der Waals surface area contributed by atoms with Gasteiger partial charge in [0.1, 0.15) is 6.61 Å². The van der Waals surface area contributed by atoms with Gasteiger partial charge >= 0.3 is 5.97 Å². The van der Waals surface area contributed by atoms with Gasteiger partial charge in [0.15, 0.2) is 0 Å². The normalized spacial score (nSPS) is 13.4. The van der Waals surface area contributed by atoms with Gasteiger partial charge in [0.05, 0.1) is 16.3 Å². The Balaban J connectivity index is 1.66. The first kappa shape index (κ1) is 14.7. The van der Waals surface area contributed by atoms with Crippen LogP contribution in [-0.4, -0.2) is 16.9 Å². The number of nitrogens with zero attached hydrogens (tertiary/aromatic N) is 1. The summed E-state index contributed by atoms with van der Waals surface area (Å²) in [5, 5.41) is 5.74. The Morgan fingerprint density at radius 3 is 3.05 bits per heavy atom. The monoisotopic (exact) mass is 316 g/mol. The number of aromatic nitrogens is 1. The van der Waals surface area contributed by atoms with Crippen molar-refractivity contribution >= 4 is 28.9 Å². The largest absolute Gasteiger partial charge is 0.456 e. The number of hydrogen-bond acceptors (Lipinski definition) is 5. The number of anilines is 1. The summed E-state index contributed by atoms with van der Waals surface area (Å²) in [6.07, 6.45) is 1.98. The molecule has 0 spiro atoms. The topological polar surface area (TPSA) is 68.3 Å². The van der Waals surface area contributed by atoms with Crippen molar-refractivity contribution in [3.8, 4) is 0 Å². The summed E-state index contributed by atoms with van der Waals surface area (Å²) in [5.74, 6) is -0.358. The highest BCUT2D eigenvalue weighted by atomic mass is 32.1. The van der Waals surface area contributed by atoms with E-state index in [0.29, 0.717) is 18.4 Å². The minimum atomic E-state index is -0.370. The molecule has 3 rings (SSSR count). The summed E-state index contributed by atoms with van der Waals surface area (Å²) in [7, 11) is 0. The average molecular weight is 316 g/mol. The molecular formula is C16H16N2O3S. The number of rotatable bonds is 4. The fourth-order valence-electron chi connectivity index (χ4n) is 2.31. The number of esters is 1. The second-order valence-electron chi connectivity index (χ2n) is 5.08. The fraction of sp³-hybridized carbons (Fsp3) is 0.312. The van der Waals surface area contributed by atoms with Gasteiger partial charge in [-0.25, -0.2) is 9.78 Å². The molecule has 2 aromatic rings. The van der Waals surface area contributed by atoms with Crippen LogP contribution >= 0.6 is 11.3 Å². The molecule has 0 bridgehead atoms. The molecule has 2 heterocycles. The Hall–Kier alpha value is -2.21. The molecule has 1 aliphatic rings. The molecule has 0 fully saturated rings. The van der Waals surface area contributed by atoms with Crippen LogP contribution in [0.1, 0.15) is 40.0 Å². The molecule has 0 saturated heterocycles. The van der Waals surface area contributed by atoms with Crippen LogP contribution in [0, 0.1) is 0 Å². The molecule has 1 aromatic heterocycles. The van der Waals surface area contributed by atoms with Gasteiger partial charge in [0, 0.05) is 17.5 Å². The number of carbonyl (C=O) groups excluding carboxylic acids is 2. The minimum absolute atomic E-state index is 0.0121. The van der Waals surface area contributed by atoms with E-state index in [1.807, 2.05) is 12.3 Å². The molecule has 0 unspecified atom stereocenters. The van der Waals surface area contributed by atoms with Crippen LogP contribution in [0.2, 0.25) is 0 Å². The van der Waals surface area contributed by atoms with E-state index >= 15 is 0 Å². The molecule has 1 N–H and O–H groups in total. The Morgan fingerprint density at radius 2 is 2.27 bits per heavy atom. The Bertz CT molecular complexity index is 724. The first-order chi connectivity index (χ1) is 10.7. The fourth-order valence-corrected chi connectivity index (χ4v) is 3.04. The predicted octanol–water partition coefficient (Wildman–Crippen LogP) is 2.95. The van der Waals surface area contributed by atoms with Crippen LogP contribution in [0.4, 0.5) is 5.69 Å². The molecule has 5 nitrogen and oxygen atoms in total. The van der Waals surface area contributed by atoms with Crippen LogP contribution in [0.5, 0.6) is 0 Å². The van der Waals surface area contributed by atoms with E-state index in [-0.39, 0.29) is 18.5 Å². The number of nitrogens with one attached hydrogen (secondary N) is 1. The van der Waals surface area contributed by atoms with Gasteiger partial charge in [0.25, 0.3) is 0 Å². The van der Waals surface area contributed by atoms with Crippen molar-refractivity contribution in [3.05, 3.63) is 45.4 Å². The highest BCUT2D eigenvalue weighted by Gasteiger charge is 2.17. The van der Waals surface area contributed by atoms with Crippen LogP contribution < -0.4 is 5.32 Å². The Morgan fingerprint density at radius 1 is 1.41 bits per heavy atom. The van der Waals surface area contributed by atoms with Crippen LogP contribution in [0.3, 0.4) is 0 Å². The van der Waals surface area contributed by atoms with Crippen molar-refractivity contribution in [1.82, 2.24) is 4.98 Å². The second-order valence-corrected chi connectivity index (χ2v) is 6.03. The van der Waals surface area contributed by atoms with Crippen molar-refractivity contribution in [3.63, 3.8) is 0 Å². The molecular weight excluding hydrogens is 300 g/mol. The number of fused-ring (bicyclic) bond motifs is 1. The van der Waals surface area contributed by atoms with Gasteiger partial charge in [-0.15, -0.1) is 11.3 Å². The smallest absolute Gasteiger partial charge is 0.338 e. The summed E-state index contributed by atoms with van der Waals surface area (Å²) >= 11 is 1.57. The van der Waals surface area contributed by atoms with Gasteiger partial charge in [-0.05, 0) is 36.6 Å². The van der Waals surface area contributed by atoms with E-state index in [1.54, 1.807) is 29.5 Å². The van der Waals surface area contributed by atoms with Crippen molar-refractivity contribution < 1.29 is 14.3 Å². The maximum Gasteiger partial charge on any atom is 0.338 e. The summed E-state index contributed by atoms with van der Waals surface area (Å²) in [6.45, 7) is 2.23. The zero-order valence-electron chi connectivity index (χ0n) is 12.2. The van der Waals surface area contributed by atoms with Crippen molar-refractivity contribution in [2.75, 3.05) is 5.32 Å². The highest BCUT2D eigenvalue weighted by Crippen LogP contribution is 2.24. The molecule has 1 aromatic carbocycles. The van der Waals surface area contributed by atoms with E-state index in [2.05, 4.69) is 10.3 Å².